The minimum atomic E-state index is 0.681. The van der Waals surface area contributed by atoms with Crippen molar-refractivity contribution in [3.05, 3.63) is 53.7 Å². The molecule has 0 saturated heterocycles. The van der Waals surface area contributed by atoms with Gasteiger partial charge < -0.3 is 10.2 Å². The first-order valence-corrected chi connectivity index (χ1v) is 6.05. The van der Waals surface area contributed by atoms with Crippen molar-refractivity contribution in [2.75, 3.05) is 24.3 Å². The van der Waals surface area contributed by atoms with E-state index in [0.717, 1.165) is 17.1 Å². The fourth-order valence-corrected chi connectivity index (χ4v) is 1.66. The SMILES string of the molecule is CN(C)c1ccc(NCc2ccc(C#N)cc2)cn1. The normalized spacial score (nSPS) is 9.74. The molecule has 0 fully saturated rings. The molecular formula is C15H16N4. The molecule has 0 aliphatic rings. The van der Waals surface area contributed by atoms with Gasteiger partial charge in [0, 0.05) is 20.6 Å². The van der Waals surface area contributed by atoms with Gasteiger partial charge in [0.2, 0.25) is 0 Å². The van der Waals surface area contributed by atoms with E-state index in [-0.39, 0.29) is 0 Å². The van der Waals surface area contributed by atoms with E-state index in [1.807, 2.05) is 61.6 Å². The van der Waals surface area contributed by atoms with Crippen molar-refractivity contribution in [1.29, 1.82) is 5.26 Å². The lowest BCUT2D eigenvalue weighted by Gasteiger charge is -2.12. The lowest BCUT2D eigenvalue weighted by Crippen LogP contribution is -2.10. The Morgan fingerprint density at radius 2 is 1.89 bits per heavy atom. The topological polar surface area (TPSA) is 52.0 Å². The second kappa shape index (κ2) is 5.87. The van der Waals surface area contributed by atoms with Gasteiger partial charge in [-0.25, -0.2) is 4.98 Å². The van der Waals surface area contributed by atoms with E-state index < -0.39 is 0 Å². The van der Waals surface area contributed by atoms with Gasteiger partial charge in [0.05, 0.1) is 23.5 Å². The van der Waals surface area contributed by atoms with Gasteiger partial charge in [-0.2, -0.15) is 5.26 Å². The molecule has 96 valence electrons. The zero-order chi connectivity index (χ0) is 13.7. The molecule has 0 saturated carbocycles. The fourth-order valence-electron chi connectivity index (χ4n) is 1.66. The molecule has 1 N–H and O–H groups in total. The van der Waals surface area contributed by atoms with Crippen molar-refractivity contribution < 1.29 is 0 Å². The number of hydrogen-bond acceptors (Lipinski definition) is 4. The summed E-state index contributed by atoms with van der Waals surface area (Å²) in [5, 5.41) is 12.0. The van der Waals surface area contributed by atoms with Crippen LogP contribution in [-0.2, 0) is 6.54 Å². The number of nitrogens with zero attached hydrogens (tertiary/aromatic N) is 3. The van der Waals surface area contributed by atoms with Crippen molar-refractivity contribution >= 4 is 11.5 Å². The van der Waals surface area contributed by atoms with E-state index in [9.17, 15) is 0 Å². The van der Waals surface area contributed by atoms with Gasteiger partial charge >= 0.3 is 0 Å². The van der Waals surface area contributed by atoms with Gasteiger partial charge in [0.25, 0.3) is 0 Å². The second-order valence-electron chi connectivity index (χ2n) is 4.46. The van der Waals surface area contributed by atoms with E-state index in [2.05, 4.69) is 16.4 Å². The molecule has 1 heterocycles. The summed E-state index contributed by atoms with van der Waals surface area (Å²) >= 11 is 0. The van der Waals surface area contributed by atoms with Crippen LogP contribution in [0.1, 0.15) is 11.1 Å². The molecule has 0 aliphatic carbocycles. The highest BCUT2D eigenvalue weighted by molar-refractivity contribution is 5.48. The lowest BCUT2D eigenvalue weighted by atomic mass is 10.1. The van der Waals surface area contributed by atoms with E-state index in [0.29, 0.717) is 12.1 Å². The predicted molar refractivity (Wildman–Crippen MR) is 77.0 cm³/mol. The summed E-state index contributed by atoms with van der Waals surface area (Å²) < 4.78 is 0. The minimum absolute atomic E-state index is 0.681. The zero-order valence-electron chi connectivity index (χ0n) is 11.1. The average Bonchev–Trinajstić information content (AvgIpc) is 2.46. The van der Waals surface area contributed by atoms with Crippen LogP contribution in [0.3, 0.4) is 0 Å². The van der Waals surface area contributed by atoms with Crippen LogP contribution in [0.5, 0.6) is 0 Å². The first kappa shape index (κ1) is 12.9. The Labute approximate surface area is 113 Å². The van der Waals surface area contributed by atoms with Crippen LogP contribution < -0.4 is 10.2 Å². The molecule has 4 nitrogen and oxygen atoms in total. The van der Waals surface area contributed by atoms with E-state index >= 15 is 0 Å². The first-order valence-electron chi connectivity index (χ1n) is 6.05. The van der Waals surface area contributed by atoms with Crippen molar-refractivity contribution in [3.8, 4) is 6.07 Å². The number of aromatic nitrogens is 1. The van der Waals surface area contributed by atoms with Gasteiger partial charge in [0.15, 0.2) is 0 Å². The third kappa shape index (κ3) is 3.46. The molecule has 0 aliphatic heterocycles. The van der Waals surface area contributed by atoms with Crippen LogP contribution in [0.4, 0.5) is 11.5 Å². The summed E-state index contributed by atoms with van der Waals surface area (Å²) in [4.78, 5) is 6.30. The summed E-state index contributed by atoms with van der Waals surface area (Å²) in [6.45, 7) is 0.717. The van der Waals surface area contributed by atoms with Crippen LogP contribution in [0.25, 0.3) is 0 Å². The van der Waals surface area contributed by atoms with Gasteiger partial charge in [-0.3, -0.25) is 0 Å². The van der Waals surface area contributed by atoms with Crippen molar-refractivity contribution in [2.24, 2.45) is 0 Å². The molecule has 0 amide bonds. The molecule has 0 unspecified atom stereocenters. The molecule has 2 rings (SSSR count). The zero-order valence-corrected chi connectivity index (χ0v) is 11.1. The van der Waals surface area contributed by atoms with E-state index in [1.165, 1.54) is 0 Å². The Kier molecular flexibility index (Phi) is 3.99. The highest BCUT2D eigenvalue weighted by atomic mass is 15.1. The van der Waals surface area contributed by atoms with Gasteiger partial charge in [-0.05, 0) is 29.8 Å². The minimum Gasteiger partial charge on any atom is -0.380 e. The quantitative estimate of drug-likeness (QED) is 0.908. The second-order valence-corrected chi connectivity index (χ2v) is 4.46. The first-order chi connectivity index (χ1) is 9.19. The smallest absolute Gasteiger partial charge is 0.128 e. The third-order valence-electron chi connectivity index (χ3n) is 2.79. The van der Waals surface area contributed by atoms with E-state index in [4.69, 9.17) is 5.26 Å². The molecule has 0 atom stereocenters. The number of rotatable bonds is 4. The third-order valence-corrected chi connectivity index (χ3v) is 2.79. The Balaban J connectivity index is 1.96. The predicted octanol–water partition coefficient (Wildman–Crippen LogP) is 2.63. The van der Waals surface area contributed by atoms with Crippen LogP contribution in [-0.4, -0.2) is 19.1 Å². The molecule has 4 heteroatoms. The van der Waals surface area contributed by atoms with Crippen molar-refractivity contribution in [3.63, 3.8) is 0 Å². The van der Waals surface area contributed by atoms with Gasteiger partial charge in [0.1, 0.15) is 5.82 Å². The number of hydrogen-bond donors (Lipinski definition) is 1. The Hall–Kier alpha value is -2.54. The maximum absolute atomic E-state index is 8.73. The summed E-state index contributed by atoms with van der Waals surface area (Å²) in [6.07, 6.45) is 1.82. The Bertz CT molecular complexity index is 565. The summed E-state index contributed by atoms with van der Waals surface area (Å²) in [5.41, 5.74) is 2.80. The maximum Gasteiger partial charge on any atom is 0.128 e. The van der Waals surface area contributed by atoms with Crippen molar-refractivity contribution in [2.45, 2.75) is 6.54 Å². The summed E-state index contributed by atoms with van der Waals surface area (Å²) in [7, 11) is 3.93. The number of nitriles is 1. The molecule has 1 aromatic carbocycles. The molecule has 0 bridgehead atoms. The Morgan fingerprint density at radius 3 is 2.42 bits per heavy atom. The number of benzene rings is 1. The highest BCUT2D eigenvalue weighted by Crippen LogP contribution is 2.13. The van der Waals surface area contributed by atoms with Crippen LogP contribution in [0.2, 0.25) is 0 Å². The Morgan fingerprint density at radius 1 is 1.16 bits per heavy atom. The maximum atomic E-state index is 8.73. The van der Waals surface area contributed by atoms with Gasteiger partial charge in [-0.1, -0.05) is 12.1 Å². The van der Waals surface area contributed by atoms with Crippen LogP contribution in [0, 0.1) is 11.3 Å². The van der Waals surface area contributed by atoms with Crippen molar-refractivity contribution in [1.82, 2.24) is 4.98 Å². The standard InChI is InChI=1S/C15H16N4/c1-19(2)15-8-7-14(11-18-15)17-10-13-5-3-12(9-16)4-6-13/h3-8,11,17H,10H2,1-2H3. The van der Waals surface area contributed by atoms with Crippen LogP contribution >= 0.6 is 0 Å². The lowest BCUT2D eigenvalue weighted by molar-refractivity contribution is 1.06. The molecule has 2 aromatic rings. The number of pyridine rings is 1. The largest absolute Gasteiger partial charge is 0.380 e. The van der Waals surface area contributed by atoms with Gasteiger partial charge in [-0.15, -0.1) is 0 Å². The molecule has 0 radical (unpaired) electrons. The number of nitrogens with one attached hydrogen (secondary N) is 1. The molecule has 0 spiro atoms. The highest BCUT2D eigenvalue weighted by Gasteiger charge is 1.98. The summed E-state index contributed by atoms with van der Waals surface area (Å²) in [5.74, 6) is 0.934. The fraction of sp³-hybridized carbons (Fsp3) is 0.200. The molecular weight excluding hydrogens is 236 g/mol. The number of anilines is 2. The monoisotopic (exact) mass is 252 g/mol. The molecule has 19 heavy (non-hydrogen) atoms. The summed E-state index contributed by atoms with van der Waals surface area (Å²) in [6, 6.07) is 13.6. The van der Waals surface area contributed by atoms with Crippen LogP contribution in [0.15, 0.2) is 42.6 Å². The van der Waals surface area contributed by atoms with E-state index in [1.54, 1.807) is 0 Å². The molecule has 1 aromatic heterocycles. The average molecular weight is 252 g/mol.